The molecule has 0 saturated carbocycles. The minimum atomic E-state index is -3.93. The largest absolute Gasteiger partial charge is 0.492 e. The fraction of sp³-hybridized carbons (Fsp3) is 0.292. The van der Waals surface area contributed by atoms with E-state index in [1.54, 1.807) is 18.2 Å². The molecular formula is C24H27BrN4O5S. The van der Waals surface area contributed by atoms with Gasteiger partial charge in [-0.3, -0.25) is 9.52 Å². The number of unbranched alkanes of at least 4 members (excludes halogenated alkanes) is 3. The van der Waals surface area contributed by atoms with E-state index in [4.69, 9.17) is 9.47 Å². The van der Waals surface area contributed by atoms with Crippen molar-refractivity contribution >= 4 is 43.4 Å². The molecule has 0 unspecified atom stereocenters. The lowest BCUT2D eigenvalue weighted by molar-refractivity contribution is 0.102. The first kappa shape index (κ1) is 26.4. The maximum Gasteiger partial charge on any atom is 0.263 e. The van der Waals surface area contributed by atoms with E-state index >= 15 is 0 Å². The van der Waals surface area contributed by atoms with Gasteiger partial charge < -0.3 is 14.8 Å². The summed E-state index contributed by atoms with van der Waals surface area (Å²) in [6.45, 7) is 2.78. The first-order chi connectivity index (χ1) is 16.8. The van der Waals surface area contributed by atoms with Crippen LogP contribution in [0.2, 0.25) is 0 Å². The van der Waals surface area contributed by atoms with Crippen molar-refractivity contribution in [2.24, 2.45) is 0 Å². The van der Waals surface area contributed by atoms with Crippen LogP contribution in [0.4, 0.5) is 11.5 Å². The molecule has 0 bridgehead atoms. The molecule has 0 aliphatic rings. The predicted molar refractivity (Wildman–Crippen MR) is 138 cm³/mol. The summed E-state index contributed by atoms with van der Waals surface area (Å²) < 4.78 is 39.2. The Bertz CT molecular complexity index is 1250. The molecule has 1 amide bonds. The molecule has 1 heterocycles. The van der Waals surface area contributed by atoms with Gasteiger partial charge in [-0.05, 0) is 64.8 Å². The number of amides is 1. The molecule has 0 saturated heterocycles. The zero-order valence-corrected chi connectivity index (χ0v) is 21.9. The van der Waals surface area contributed by atoms with Crippen LogP contribution in [0.15, 0.2) is 64.2 Å². The molecule has 0 radical (unpaired) electrons. The van der Waals surface area contributed by atoms with Crippen LogP contribution in [0.3, 0.4) is 0 Å². The molecule has 2 N–H and O–H groups in total. The van der Waals surface area contributed by atoms with E-state index in [2.05, 4.69) is 42.9 Å². The number of ether oxygens (including phenoxy) is 2. The molecule has 0 spiro atoms. The van der Waals surface area contributed by atoms with E-state index in [1.807, 2.05) is 0 Å². The number of benzene rings is 2. The minimum Gasteiger partial charge on any atom is -0.492 e. The second-order valence-electron chi connectivity index (χ2n) is 7.55. The van der Waals surface area contributed by atoms with Crippen molar-refractivity contribution in [3.63, 3.8) is 0 Å². The van der Waals surface area contributed by atoms with Crippen LogP contribution in [-0.4, -0.2) is 38.0 Å². The Morgan fingerprint density at radius 2 is 1.77 bits per heavy atom. The number of sulfonamides is 1. The highest BCUT2D eigenvalue weighted by atomic mass is 79.9. The number of halogens is 1. The molecular weight excluding hydrogens is 536 g/mol. The molecule has 0 atom stereocenters. The van der Waals surface area contributed by atoms with Crippen LogP contribution in [0.25, 0.3) is 0 Å². The summed E-state index contributed by atoms with van der Waals surface area (Å²) in [7, 11) is -2.56. The van der Waals surface area contributed by atoms with Crippen LogP contribution in [0.1, 0.15) is 43.0 Å². The molecule has 0 aliphatic carbocycles. The molecule has 0 aliphatic heterocycles. The quantitative estimate of drug-likeness (QED) is 0.289. The van der Waals surface area contributed by atoms with Crippen molar-refractivity contribution in [1.82, 2.24) is 9.97 Å². The van der Waals surface area contributed by atoms with Gasteiger partial charge in [-0.15, -0.1) is 0 Å². The number of nitrogens with zero attached hydrogens (tertiary/aromatic N) is 2. The lowest BCUT2D eigenvalue weighted by atomic mass is 10.2. The van der Waals surface area contributed by atoms with Crippen molar-refractivity contribution in [2.45, 2.75) is 37.5 Å². The van der Waals surface area contributed by atoms with Crippen molar-refractivity contribution in [3.8, 4) is 11.6 Å². The number of anilines is 2. The van der Waals surface area contributed by atoms with Gasteiger partial charge in [0.2, 0.25) is 5.82 Å². The first-order valence-electron chi connectivity index (χ1n) is 11.1. The second-order valence-corrected chi connectivity index (χ2v) is 10.1. The van der Waals surface area contributed by atoms with E-state index in [0.717, 1.165) is 12.8 Å². The Kier molecular flexibility index (Phi) is 9.44. The summed E-state index contributed by atoms with van der Waals surface area (Å²) in [6.07, 6.45) is 7.20. The predicted octanol–water partition coefficient (Wildman–Crippen LogP) is 5.26. The maximum atomic E-state index is 12.7. The van der Waals surface area contributed by atoms with E-state index in [1.165, 1.54) is 56.6 Å². The van der Waals surface area contributed by atoms with Crippen LogP contribution in [0, 0.1) is 0 Å². The Balaban J connectivity index is 1.62. The summed E-state index contributed by atoms with van der Waals surface area (Å²) in [4.78, 5) is 20.5. The van der Waals surface area contributed by atoms with Crippen LogP contribution >= 0.6 is 15.9 Å². The van der Waals surface area contributed by atoms with Crippen molar-refractivity contribution in [1.29, 1.82) is 0 Å². The van der Waals surface area contributed by atoms with Crippen molar-refractivity contribution < 1.29 is 22.7 Å². The van der Waals surface area contributed by atoms with Gasteiger partial charge in [-0.25, -0.2) is 18.4 Å². The Morgan fingerprint density at radius 1 is 1.03 bits per heavy atom. The van der Waals surface area contributed by atoms with E-state index in [9.17, 15) is 13.2 Å². The number of methoxy groups -OCH3 is 1. The molecule has 2 aromatic carbocycles. The molecule has 9 nitrogen and oxygen atoms in total. The van der Waals surface area contributed by atoms with Crippen LogP contribution in [0.5, 0.6) is 11.6 Å². The molecule has 0 fully saturated rings. The van der Waals surface area contributed by atoms with Gasteiger partial charge in [0, 0.05) is 23.6 Å². The Hall–Kier alpha value is -3.18. The topological polar surface area (TPSA) is 120 Å². The highest BCUT2D eigenvalue weighted by molar-refractivity contribution is 9.10. The van der Waals surface area contributed by atoms with Crippen LogP contribution < -0.4 is 19.5 Å². The van der Waals surface area contributed by atoms with Gasteiger partial charge in [0.05, 0.1) is 23.1 Å². The smallest absolute Gasteiger partial charge is 0.263 e. The monoisotopic (exact) mass is 562 g/mol. The minimum absolute atomic E-state index is 0.00797. The molecule has 11 heteroatoms. The van der Waals surface area contributed by atoms with Crippen molar-refractivity contribution in [2.75, 3.05) is 23.8 Å². The number of aromatic nitrogens is 2. The maximum absolute atomic E-state index is 12.7. The number of hydrogen-bond acceptors (Lipinski definition) is 7. The van der Waals surface area contributed by atoms with Gasteiger partial charge in [-0.1, -0.05) is 26.2 Å². The first-order valence-corrected chi connectivity index (χ1v) is 13.3. The zero-order chi connectivity index (χ0) is 25.3. The van der Waals surface area contributed by atoms with Gasteiger partial charge in [-0.2, -0.15) is 0 Å². The third-order valence-electron chi connectivity index (χ3n) is 4.96. The van der Waals surface area contributed by atoms with E-state index in [-0.39, 0.29) is 22.5 Å². The third kappa shape index (κ3) is 7.40. The zero-order valence-electron chi connectivity index (χ0n) is 19.5. The van der Waals surface area contributed by atoms with Gasteiger partial charge in [0.15, 0.2) is 0 Å². The lowest BCUT2D eigenvalue weighted by Crippen LogP contribution is -2.15. The van der Waals surface area contributed by atoms with E-state index < -0.39 is 10.0 Å². The van der Waals surface area contributed by atoms with E-state index in [0.29, 0.717) is 28.1 Å². The van der Waals surface area contributed by atoms with Gasteiger partial charge in [0.25, 0.3) is 21.8 Å². The number of carbonyl (C=O) groups is 1. The summed E-state index contributed by atoms with van der Waals surface area (Å²) in [5.41, 5.74) is 0.877. The Morgan fingerprint density at radius 3 is 2.46 bits per heavy atom. The summed E-state index contributed by atoms with van der Waals surface area (Å²) in [6, 6.07) is 10.9. The molecule has 35 heavy (non-hydrogen) atoms. The Labute approximate surface area is 213 Å². The molecule has 3 aromatic rings. The highest BCUT2D eigenvalue weighted by Gasteiger charge is 2.18. The van der Waals surface area contributed by atoms with Crippen molar-refractivity contribution in [3.05, 3.63) is 64.9 Å². The molecule has 1 aromatic heterocycles. The average Bonchev–Trinajstić information content (AvgIpc) is 2.85. The average molecular weight is 563 g/mol. The molecule has 186 valence electrons. The fourth-order valence-electron chi connectivity index (χ4n) is 3.12. The number of nitrogens with one attached hydrogen (secondary N) is 2. The van der Waals surface area contributed by atoms with Gasteiger partial charge in [0.1, 0.15) is 5.75 Å². The fourth-order valence-corrected chi connectivity index (χ4v) is 4.62. The van der Waals surface area contributed by atoms with Crippen LogP contribution in [-0.2, 0) is 10.0 Å². The number of hydrogen-bond donors (Lipinski definition) is 2. The number of rotatable bonds is 12. The standard InChI is InChI=1S/C24H27BrN4O5S/c1-3-4-5-6-15-34-21-12-7-17(16-20(21)25)23(30)28-18-8-10-19(11-9-18)35(31,32)29-22-24(33-2)27-14-13-26-22/h7-14,16H,3-6,15H2,1-2H3,(H,26,29)(H,28,30). The summed E-state index contributed by atoms with van der Waals surface area (Å²) >= 11 is 3.46. The SMILES string of the molecule is CCCCCCOc1ccc(C(=O)Nc2ccc(S(=O)(=O)Nc3nccnc3OC)cc2)cc1Br. The summed E-state index contributed by atoms with van der Waals surface area (Å²) in [5, 5.41) is 2.76. The number of carbonyl (C=O) groups excluding carboxylic acids is 1. The normalized spacial score (nSPS) is 11.1. The molecule has 3 rings (SSSR count). The lowest BCUT2D eigenvalue weighted by Gasteiger charge is -2.11. The second kappa shape index (κ2) is 12.5. The highest BCUT2D eigenvalue weighted by Crippen LogP contribution is 2.27. The van der Waals surface area contributed by atoms with Gasteiger partial charge >= 0.3 is 0 Å². The summed E-state index contributed by atoms with van der Waals surface area (Å²) in [5.74, 6) is 0.378. The third-order valence-corrected chi connectivity index (χ3v) is 6.94.